The van der Waals surface area contributed by atoms with Crippen LogP contribution in [0.25, 0.3) is 0 Å². The van der Waals surface area contributed by atoms with Gasteiger partial charge in [0.1, 0.15) is 5.78 Å². The fraction of sp³-hybridized carbons (Fsp3) is 0.900. The number of rotatable bonds is 5. The number of Topliss-reactive ketones (excluding diaryl/α,β-unsaturated/α-hetero) is 1. The molecule has 0 saturated carbocycles. The Bertz CT molecular complexity index is 133. The van der Waals surface area contributed by atoms with Gasteiger partial charge in [-0.05, 0) is 34.6 Å². The average Bonchev–Trinajstić information content (AvgIpc) is 1.84. The summed E-state index contributed by atoms with van der Waals surface area (Å²) in [6, 6.07) is 1.06. The van der Waals surface area contributed by atoms with E-state index in [2.05, 4.69) is 32.6 Å². The van der Waals surface area contributed by atoms with Gasteiger partial charge in [0.2, 0.25) is 0 Å². The Morgan fingerprint density at radius 3 is 1.83 bits per heavy atom. The summed E-state index contributed by atoms with van der Waals surface area (Å²) in [6.45, 7) is 11.2. The molecule has 2 nitrogen and oxygen atoms in total. The summed E-state index contributed by atoms with van der Waals surface area (Å²) in [5.41, 5.74) is 0. The number of hydrogen-bond donors (Lipinski definition) is 0. The third-order valence-corrected chi connectivity index (χ3v) is 2.05. The van der Waals surface area contributed by atoms with Crippen molar-refractivity contribution in [1.82, 2.24) is 4.90 Å². The first-order valence-corrected chi connectivity index (χ1v) is 4.70. The molecule has 0 aromatic rings. The van der Waals surface area contributed by atoms with E-state index in [9.17, 15) is 4.79 Å². The Balaban J connectivity index is 3.88. The molecule has 0 aromatic heterocycles. The lowest BCUT2D eigenvalue weighted by Gasteiger charge is -2.29. The summed E-state index contributed by atoms with van der Waals surface area (Å²) in [5.74, 6) is 0.279. The number of carbonyl (C=O) groups is 1. The predicted molar refractivity (Wildman–Crippen MR) is 52.3 cm³/mol. The summed E-state index contributed by atoms with van der Waals surface area (Å²) in [6.07, 6.45) is 0.677. The van der Waals surface area contributed by atoms with Gasteiger partial charge in [-0.15, -0.1) is 0 Å². The Kier molecular flexibility index (Phi) is 5.14. The topological polar surface area (TPSA) is 20.3 Å². The lowest BCUT2D eigenvalue weighted by molar-refractivity contribution is -0.117. The molecule has 0 aromatic carbocycles. The van der Waals surface area contributed by atoms with Crippen molar-refractivity contribution in [3.05, 3.63) is 0 Å². The van der Waals surface area contributed by atoms with Crippen molar-refractivity contribution in [3.63, 3.8) is 0 Å². The lowest BCUT2D eigenvalue weighted by atomic mass is 10.2. The second-order valence-corrected chi connectivity index (χ2v) is 3.88. The van der Waals surface area contributed by atoms with E-state index in [1.807, 2.05) is 0 Å². The van der Waals surface area contributed by atoms with E-state index in [4.69, 9.17) is 0 Å². The van der Waals surface area contributed by atoms with Crippen molar-refractivity contribution in [2.45, 2.75) is 53.1 Å². The minimum absolute atomic E-state index is 0.279. The summed E-state index contributed by atoms with van der Waals surface area (Å²) in [7, 11) is 0. The predicted octanol–water partition coefficient (Wildman–Crippen LogP) is 2.08. The van der Waals surface area contributed by atoms with Crippen molar-refractivity contribution in [1.29, 1.82) is 0 Å². The molecule has 72 valence electrons. The highest BCUT2D eigenvalue weighted by Gasteiger charge is 2.12. The molecular formula is C10H21NO. The van der Waals surface area contributed by atoms with Crippen LogP contribution in [0.1, 0.15) is 41.0 Å². The normalized spacial score (nSPS) is 11.7. The van der Waals surface area contributed by atoms with Crippen molar-refractivity contribution in [2.75, 3.05) is 6.54 Å². The summed E-state index contributed by atoms with van der Waals surface area (Å²) in [4.78, 5) is 13.1. The van der Waals surface area contributed by atoms with E-state index in [1.54, 1.807) is 6.92 Å². The quantitative estimate of drug-likeness (QED) is 0.631. The molecule has 0 fully saturated rings. The van der Waals surface area contributed by atoms with Gasteiger partial charge in [0.05, 0.1) is 0 Å². The molecule has 0 N–H and O–H groups in total. The van der Waals surface area contributed by atoms with Crippen LogP contribution in [0.15, 0.2) is 0 Å². The SMILES string of the molecule is CC(=O)CCN(C(C)C)C(C)C. The second-order valence-electron chi connectivity index (χ2n) is 3.88. The molecule has 0 saturated heterocycles. The molecule has 0 rings (SSSR count). The molecular weight excluding hydrogens is 150 g/mol. The van der Waals surface area contributed by atoms with Crippen LogP contribution in [0.3, 0.4) is 0 Å². The maximum atomic E-state index is 10.8. The first-order valence-electron chi connectivity index (χ1n) is 4.70. The third kappa shape index (κ3) is 4.50. The first kappa shape index (κ1) is 11.6. The van der Waals surface area contributed by atoms with Gasteiger partial charge < -0.3 is 0 Å². The van der Waals surface area contributed by atoms with E-state index in [0.29, 0.717) is 18.5 Å². The smallest absolute Gasteiger partial charge is 0.131 e. The van der Waals surface area contributed by atoms with Gasteiger partial charge in [0.25, 0.3) is 0 Å². The van der Waals surface area contributed by atoms with E-state index < -0.39 is 0 Å². The van der Waals surface area contributed by atoms with Crippen LogP contribution in [0, 0.1) is 0 Å². The Labute approximate surface area is 75.9 Å². The van der Waals surface area contributed by atoms with Gasteiger partial charge >= 0.3 is 0 Å². The van der Waals surface area contributed by atoms with E-state index in [1.165, 1.54) is 0 Å². The monoisotopic (exact) mass is 171 g/mol. The minimum atomic E-state index is 0.279. The van der Waals surface area contributed by atoms with Crippen molar-refractivity contribution < 1.29 is 4.79 Å². The number of nitrogens with zero attached hydrogens (tertiary/aromatic N) is 1. The number of ketones is 1. The molecule has 12 heavy (non-hydrogen) atoms. The van der Waals surface area contributed by atoms with Gasteiger partial charge in [-0.2, -0.15) is 0 Å². The molecule has 0 spiro atoms. The van der Waals surface area contributed by atoms with Gasteiger partial charge in [-0.3, -0.25) is 9.69 Å². The lowest BCUT2D eigenvalue weighted by Crippen LogP contribution is -2.38. The van der Waals surface area contributed by atoms with Gasteiger partial charge in [0.15, 0.2) is 0 Å². The van der Waals surface area contributed by atoms with Gasteiger partial charge in [-0.1, -0.05) is 0 Å². The van der Waals surface area contributed by atoms with Gasteiger partial charge in [-0.25, -0.2) is 0 Å². The molecule has 0 aliphatic carbocycles. The number of hydrogen-bond acceptors (Lipinski definition) is 2. The molecule has 0 aliphatic rings. The fourth-order valence-electron chi connectivity index (χ4n) is 1.40. The summed E-state index contributed by atoms with van der Waals surface area (Å²) < 4.78 is 0. The molecule has 0 aliphatic heterocycles. The van der Waals surface area contributed by atoms with Crippen LogP contribution in [0.2, 0.25) is 0 Å². The molecule has 0 heterocycles. The zero-order valence-electron chi connectivity index (χ0n) is 8.92. The molecule has 0 unspecified atom stereocenters. The van der Waals surface area contributed by atoms with E-state index in [-0.39, 0.29) is 5.78 Å². The minimum Gasteiger partial charge on any atom is -0.300 e. The van der Waals surface area contributed by atoms with Crippen LogP contribution in [-0.2, 0) is 4.79 Å². The summed E-state index contributed by atoms with van der Waals surface area (Å²) in [5, 5.41) is 0. The second kappa shape index (κ2) is 5.31. The molecule has 0 bridgehead atoms. The zero-order valence-corrected chi connectivity index (χ0v) is 8.92. The van der Waals surface area contributed by atoms with Crippen molar-refractivity contribution >= 4 is 5.78 Å². The van der Waals surface area contributed by atoms with Gasteiger partial charge in [0, 0.05) is 25.0 Å². The molecule has 0 amide bonds. The van der Waals surface area contributed by atoms with Crippen LogP contribution in [0.5, 0.6) is 0 Å². The highest BCUT2D eigenvalue weighted by molar-refractivity contribution is 5.75. The maximum Gasteiger partial charge on any atom is 0.131 e. The standard InChI is InChI=1S/C10H21NO/c1-8(2)11(9(3)4)7-6-10(5)12/h8-9H,6-7H2,1-5H3. The summed E-state index contributed by atoms with van der Waals surface area (Å²) >= 11 is 0. The zero-order chi connectivity index (χ0) is 9.72. The Morgan fingerprint density at radius 1 is 1.17 bits per heavy atom. The maximum absolute atomic E-state index is 10.8. The van der Waals surface area contributed by atoms with Crippen LogP contribution < -0.4 is 0 Å². The first-order chi connectivity index (χ1) is 5.45. The van der Waals surface area contributed by atoms with Crippen LogP contribution >= 0.6 is 0 Å². The molecule has 0 atom stereocenters. The fourth-order valence-corrected chi connectivity index (χ4v) is 1.40. The Hall–Kier alpha value is -0.370. The van der Waals surface area contributed by atoms with E-state index >= 15 is 0 Å². The van der Waals surface area contributed by atoms with Crippen molar-refractivity contribution in [3.8, 4) is 0 Å². The highest BCUT2D eigenvalue weighted by Crippen LogP contribution is 2.05. The highest BCUT2D eigenvalue weighted by atomic mass is 16.1. The Morgan fingerprint density at radius 2 is 1.58 bits per heavy atom. The third-order valence-electron chi connectivity index (χ3n) is 2.05. The van der Waals surface area contributed by atoms with E-state index in [0.717, 1.165) is 6.54 Å². The van der Waals surface area contributed by atoms with Crippen LogP contribution in [-0.4, -0.2) is 29.3 Å². The van der Waals surface area contributed by atoms with Crippen LogP contribution in [0.4, 0.5) is 0 Å². The molecule has 2 heteroatoms. The number of carbonyl (C=O) groups excluding carboxylic acids is 1. The molecule has 0 radical (unpaired) electrons. The average molecular weight is 171 g/mol. The largest absolute Gasteiger partial charge is 0.300 e. The van der Waals surface area contributed by atoms with Crippen molar-refractivity contribution in [2.24, 2.45) is 0 Å².